The van der Waals surface area contributed by atoms with Crippen LogP contribution in [0, 0.1) is 5.92 Å². The molecule has 0 saturated carbocycles. The predicted octanol–water partition coefficient (Wildman–Crippen LogP) is 2.92. The van der Waals surface area contributed by atoms with Gasteiger partial charge in [0.15, 0.2) is 0 Å². The summed E-state index contributed by atoms with van der Waals surface area (Å²) in [6.45, 7) is 0.289. The van der Waals surface area contributed by atoms with E-state index in [0.29, 0.717) is 27.8 Å². The number of methoxy groups -OCH3 is 1. The van der Waals surface area contributed by atoms with Crippen molar-refractivity contribution in [3.8, 4) is 11.4 Å². The van der Waals surface area contributed by atoms with E-state index in [2.05, 4.69) is 15.4 Å². The lowest BCUT2D eigenvalue weighted by Crippen LogP contribution is -2.28. The van der Waals surface area contributed by atoms with Gasteiger partial charge < -0.3 is 15.0 Å². The maximum atomic E-state index is 12.9. The molecule has 1 fully saturated rings. The maximum Gasteiger partial charge on any atom is 0.229 e. The van der Waals surface area contributed by atoms with Crippen LogP contribution in [0.15, 0.2) is 55.1 Å². The monoisotopic (exact) mass is 411 g/mol. The number of aromatic nitrogens is 3. The average Bonchev–Trinajstić information content (AvgIpc) is 3.38. The third-order valence-electron chi connectivity index (χ3n) is 4.75. The molecule has 0 aliphatic carbocycles. The fraction of sp³-hybridized carbons (Fsp3) is 0.200. The summed E-state index contributed by atoms with van der Waals surface area (Å²) >= 11 is 6.30. The number of nitrogens with one attached hydrogen (secondary N) is 1. The summed E-state index contributed by atoms with van der Waals surface area (Å²) in [7, 11) is 1.57. The van der Waals surface area contributed by atoms with Crippen LogP contribution in [-0.4, -0.2) is 40.2 Å². The third-order valence-corrected chi connectivity index (χ3v) is 5.06. The van der Waals surface area contributed by atoms with Gasteiger partial charge in [-0.2, -0.15) is 5.10 Å². The molecule has 8 nitrogen and oxygen atoms in total. The molecular weight excluding hydrogens is 394 g/mol. The number of amides is 2. The normalized spacial score (nSPS) is 16.1. The Balaban J connectivity index is 1.53. The molecule has 1 aromatic heterocycles. The largest absolute Gasteiger partial charge is 0.497 e. The van der Waals surface area contributed by atoms with E-state index in [4.69, 9.17) is 16.3 Å². The Bertz CT molecular complexity index is 1050. The van der Waals surface area contributed by atoms with E-state index in [1.54, 1.807) is 42.3 Å². The lowest BCUT2D eigenvalue weighted by atomic mass is 10.1. The molecule has 1 aliphatic heterocycles. The van der Waals surface area contributed by atoms with Gasteiger partial charge in [-0.05, 0) is 24.3 Å². The highest BCUT2D eigenvalue weighted by Crippen LogP contribution is 2.31. The molecule has 9 heteroatoms. The smallest absolute Gasteiger partial charge is 0.229 e. The van der Waals surface area contributed by atoms with Crippen LogP contribution in [0.4, 0.5) is 11.4 Å². The van der Waals surface area contributed by atoms with Crippen molar-refractivity contribution in [2.45, 2.75) is 6.42 Å². The van der Waals surface area contributed by atoms with Gasteiger partial charge in [-0.1, -0.05) is 23.7 Å². The van der Waals surface area contributed by atoms with Gasteiger partial charge >= 0.3 is 0 Å². The van der Waals surface area contributed by atoms with Crippen molar-refractivity contribution >= 4 is 34.8 Å². The fourth-order valence-corrected chi connectivity index (χ4v) is 3.58. The molecule has 29 heavy (non-hydrogen) atoms. The molecule has 3 aromatic rings. The molecule has 0 radical (unpaired) electrons. The van der Waals surface area contributed by atoms with Crippen molar-refractivity contribution in [3.63, 3.8) is 0 Å². The van der Waals surface area contributed by atoms with Crippen molar-refractivity contribution in [3.05, 3.63) is 60.1 Å². The molecule has 1 atom stereocenters. The fourth-order valence-electron chi connectivity index (χ4n) is 3.32. The number of benzene rings is 2. The number of ether oxygens (including phenoxy) is 1. The van der Waals surface area contributed by atoms with Gasteiger partial charge in [0.1, 0.15) is 24.1 Å². The Kier molecular flexibility index (Phi) is 5.18. The van der Waals surface area contributed by atoms with Crippen LogP contribution in [0.3, 0.4) is 0 Å². The Morgan fingerprint density at radius 2 is 2.10 bits per heavy atom. The molecule has 0 bridgehead atoms. The zero-order valence-corrected chi connectivity index (χ0v) is 16.3. The number of hydrogen-bond donors (Lipinski definition) is 1. The Labute approximate surface area is 172 Å². The van der Waals surface area contributed by atoms with Gasteiger partial charge in [-0.25, -0.2) is 9.67 Å². The van der Waals surface area contributed by atoms with E-state index >= 15 is 0 Å². The lowest BCUT2D eigenvalue weighted by molar-refractivity contribution is -0.122. The van der Waals surface area contributed by atoms with E-state index in [1.165, 1.54) is 17.3 Å². The number of carbonyl (C=O) groups excluding carboxylic acids is 2. The highest BCUT2D eigenvalue weighted by Gasteiger charge is 2.35. The minimum Gasteiger partial charge on any atom is -0.497 e. The van der Waals surface area contributed by atoms with Crippen LogP contribution in [0.5, 0.6) is 5.75 Å². The van der Waals surface area contributed by atoms with E-state index in [9.17, 15) is 9.59 Å². The number of hydrogen-bond acceptors (Lipinski definition) is 5. The number of nitrogens with zero attached hydrogens (tertiary/aromatic N) is 4. The molecule has 2 amide bonds. The lowest BCUT2D eigenvalue weighted by Gasteiger charge is -2.18. The standard InChI is InChI=1S/C20H18ClN5O3/c1-29-15-5-2-4-14(9-15)25-10-13(8-18(25)27)20(28)24-17-7-3-6-16(21)19(17)26-12-22-11-23-26/h2-7,9,11-13H,8,10H2,1H3,(H,24,28). The summed E-state index contributed by atoms with van der Waals surface area (Å²) in [6, 6.07) is 12.4. The molecule has 1 aliphatic rings. The van der Waals surface area contributed by atoms with Crippen LogP contribution in [-0.2, 0) is 9.59 Å². The summed E-state index contributed by atoms with van der Waals surface area (Å²) in [5, 5.41) is 7.39. The van der Waals surface area contributed by atoms with Crippen molar-refractivity contribution in [2.24, 2.45) is 5.92 Å². The molecule has 148 valence electrons. The summed E-state index contributed by atoms with van der Waals surface area (Å²) < 4.78 is 6.71. The minimum absolute atomic E-state index is 0.110. The molecule has 2 heterocycles. The topological polar surface area (TPSA) is 89.3 Å². The summed E-state index contributed by atoms with van der Waals surface area (Å²) in [5.74, 6) is -0.204. The summed E-state index contributed by atoms with van der Waals surface area (Å²) in [5.41, 5.74) is 1.73. The minimum atomic E-state index is -0.490. The van der Waals surface area contributed by atoms with Crippen LogP contribution in [0.2, 0.25) is 5.02 Å². The average molecular weight is 412 g/mol. The van der Waals surface area contributed by atoms with E-state index in [-0.39, 0.29) is 24.8 Å². The molecule has 4 rings (SSSR count). The second kappa shape index (κ2) is 7.92. The number of anilines is 2. The van der Waals surface area contributed by atoms with Crippen molar-refractivity contribution in [1.82, 2.24) is 14.8 Å². The predicted molar refractivity (Wildman–Crippen MR) is 108 cm³/mol. The summed E-state index contributed by atoms with van der Waals surface area (Å²) in [6.07, 6.45) is 3.01. The molecule has 1 saturated heterocycles. The highest BCUT2D eigenvalue weighted by molar-refractivity contribution is 6.33. The van der Waals surface area contributed by atoms with Gasteiger partial charge in [0.2, 0.25) is 11.8 Å². The Hall–Kier alpha value is -3.39. The molecule has 0 spiro atoms. The van der Waals surface area contributed by atoms with Crippen molar-refractivity contribution in [1.29, 1.82) is 0 Å². The zero-order valence-electron chi connectivity index (χ0n) is 15.6. The third kappa shape index (κ3) is 3.79. The first kappa shape index (κ1) is 18.9. The van der Waals surface area contributed by atoms with Crippen LogP contribution in [0.25, 0.3) is 5.69 Å². The highest BCUT2D eigenvalue weighted by atomic mass is 35.5. The van der Waals surface area contributed by atoms with Crippen LogP contribution >= 0.6 is 11.6 Å². The number of rotatable bonds is 5. The number of para-hydroxylation sites is 1. The van der Waals surface area contributed by atoms with Crippen LogP contribution in [0.1, 0.15) is 6.42 Å². The van der Waals surface area contributed by atoms with Gasteiger partial charge in [0, 0.05) is 24.7 Å². The SMILES string of the molecule is COc1cccc(N2CC(C(=O)Nc3cccc(Cl)c3-n3cncn3)CC2=O)c1. The maximum absolute atomic E-state index is 12.9. The van der Waals surface area contributed by atoms with E-state index in [0.717, 1.165) is 0 Å². The van der Waals surface area contributed by atoms with E-state index < -0.39 is 5.92 Å². The van der Waals surface area contributed by atoms with Gasteiger partial charge in [-0.15, -0.1) is 0 Å². The van der Waals surface area contributed by atoms with Gasteiger partial charge in [0.05, 0.1) is 23.7 Å². The Morgan fingerprint density at radius 3 is 2.86 bits per heavy atom. The zero-order chi connectivity index (χ0) is 20.4. The van der Waals surface area contributed by atoms with Crippen LogP contribution < -0.4 is 15.0 Å². The number of halogens is 1. The molecule has 1 unspecified atom stereocenters. The molecule has 2 aromatic carbocycles. The van der Waals surface area contributed by atoms with Crippen molar-refractivity contribution in [2.75, 3.05) is 23.9 Å². The first-order chi connectivity index (χ1) is 14.1. The second-order valence-corrected chi connectivity index (χ2v) is 6.98. The first-order valence-corrected chi connectivity index (χ1v) is 9.33. The summed E-state index contributed by atoms with van der Waals surface area (Å²) in [4.78, 5) is 30.9. The molecule has 1 N–H and O–H groups in total. The Morgan fingerprint density at radius 1 is 1.28 bits per heavy atom. The molecular formula is C20H18ClN5O3. The van der Waals surface area contributed by atoms with Gasteiger partial charge in [0.25, 0.3) is 0 Å². The van der Waals surface area contributed by atoms with Crippen molar-refractivity contribution < 1.29 is 14.3 Å². The van der Waals surface area contributed by atoms with Gasteiger partial charge in [-0.3, -0.25) is 9.59 Å². The second-order valence-electron chi connectivity index (χ2n) is 6.57. The quantitative estimate of drug-likeness (QED) is 0.697. The van der Waals surface area contributed by atoms with E-state index in [1.807, 2.05) is 12.1 Å². The first-order valence-electron chi connectivity index (χ1n) is 8.95. The number of carbonyl (C=O) groups is 2.